The molecule has 0 saturated carbocycles. The molecule has 2 amide bonds. The van der Waals surface area contributed by atoms with Crippen LogP contribution in [0.5, 0.6) is 11.5 Å². The minimum Gasteiger partial charge on any atom is -0.457 e. The molecule has 1 aliphatic heterocycles. The van der Waals surface area contributed by atoms with Crippen molar-refractivity contribution >= 4 is 11.8 Å². The molecule has 0 aromatic heterocycles. The average Bonchev–Trinajstić information content (AvgIpc) is 2.80. The van der Waals surface area contributed by atoms with Gasteiger partial charge in [0.25, 0.3) is 5.91 Å². The quantitative estimate of drug-likeness (QED) is 0.638. The Balaban J connectivity index is 1.42. The van der Waals surface area contributed by atoms with Crippen molar-refractivity contribution in [2.24, 2.45) is 5.73 Å². The molecular formula is C25H23FN2O4. The Kier molecular flexibility index (Phi) is 5.92. The summed E-state index contributed by atoms with van der Waals surface area (Å²) in [5.41, 5.74) is 5.68. The molecule has 0 spiro atoms. The third-order valence-corrected chi connectivity index (χ3v) is 5.71. The van der Waals surface area contributed by atoms with E-state index in [0.29, 0.717) is 54.1 Å². The molecule has 0 bridgehead atoms. The van der Waals surface area contributed by atoms with Crippen LogP contribution >= 0.6 is 0 Å². The lowest BCUT2D eigenvalue weighted by atomic mass is 9.84. The first-order chi connectivity index (χ1) is 15.3. The summed E-state index contributed by atoms with van der Waals surface area (Å²) in [4.78, 5) is 25.9. The van der Waals surface area contributed by atoms with Gasteiger partial charge in [-0.1, -0.05) is 18.2 Å². The first-order valence-electron chi connectivity index (χ1n) is 10.3. The van der Waals surface area contributed by atoms with Gasteiger partial charge in [0.2, 0.25) is 5.91 Å². The standard InChI is InChI=1S/C25H23FN2O4/c26-20-8-6-19(7-9-20)25(31)12-14-28(15-13-25)24(30)18-2-1-3-22(16-18)32-21-10-4-17(5-11-21)23(27)29/h1-11,16,31H,12-15H2,(H2,27,29). The average molecular weight is 434 g/mol. The van der Waals surface area contributed by atoms with Gasteiger partial charge in [-0.25, -0.2) is 4.39 Å². The molecule has 0 aliphatic carbocycles. The summed E-state index contributed by atoms with van der Waals surface area (Å²) in [5.74, 6) is -0.0157. The predicted octanol–water partition coefficient (Wildman–Crippen LogP) is 3.84. The number of carbonyl (C=O) groups excluding carboxylic acids is 2. The van der Waals surface area contributed by atoms with E-state index in [9.17, 15) is 19.1 Å². The maximum Gasteiger partial charge on any atom is 0.253 e. The van der Waals surface area contributed by atoms with E-state index in [0.717, 1.165) is 0 Å². The number of nitrogens with zero attached hydrogens (tertiary/aromatic N) is 1. The van der Waals surface area contributed by atoms with Gasteiger partial charge in [0, 0.05) is 24.2 Å². The van der Waals surface area contributed by atoms with Gasteiger partial charge in [-0.2, -0.15) is 0 Å². The highest BCUT2D eigenvalue weighted by Crippen LogP contribution is 2.33. The summed E-state index contributed by atoms with van der Waals surface area (Å²) in [6, 6.07) is 19.1. The molecule has 32 heavy (non-hydrogen) atoms. The topological polar surface area (TPSA) is 92.9 Å². The first kappa shape index (κ1) is 21.5. The molecule has 1 heterocycles. The minimum absolute atomic E-state index is 0.152. The van der Waals surface area contributed by atoms with Gasteiger partial charge in [-0.05, 0) is 73.0 Å². The van der Waals surface area contributed by atoms with Crippen LogP contribution in [0.1, 0.15) is 39.1 Å². The number of rotatable bonds is 5. The van der Waals surface area contributed by atoms with E-state index in [1.807, 2.05) is 0 Å². The maximum atomic E-state index is 13.2. The lowest BCUT2D eigenvalue weighted by Crippen LogP contribution is -2.45. The van der Waals surface area contributed by atoms with Crippen molar-refractivity contribution in [2.45, 2.75) is 18.4 Å². The normalized spacial score (nSPS) is 15.2. The third-order valence-electron chi connectivity index (χ3n) is 5.71. The molecule has 1 fully saturated rings. The number of ether oxygens (including phenoxy) is 1. The van der Waals surface area contributed by atoms with E-state index >= 15 is 0 Å². The number of carbonyl (C=O) groups is 2. The highest BCUT2D eigenvalue weighted by atomic mass is 19.1. The molecule has 3 N–H and O–H groups in total. The lowest BCUT2D eigenvalue weighted by Gasteiger charge is -2.38. The Morgan fingerprint density at radius 1 is 0.906 bits per heavy atom. The Hall–Kier alpha value is -3.71. The molecule has 3 aromatic carbocycles. The third kappa shape index (κ3) is 4.63. The lowest BCUT2D eigenvalue weighted by molar-refractivity contribution is -0.0211. The van der Waals surface area contributed by atoms with Crippen LogP contribution in [0.4, 0.5) is 4.39 Å². The summed E-state index contributed by atoms with van der Waals surface area (Å²) < 4.78 is 19.0. The van der Waals surface area contributed by atoms with Gasteiger partial charge in [-0.15, -0.1) is 0 Å². The summed E-state index contributed by atoms with van der Waals surface area (Å²) in [7, 11) is 0. The summed E-state index contributed by atoms with van der Waals surface area (Å²) in [5, 5.41) is 11.0. The van der Waals surface area contributed by atoms with Crippen LogP contribution in [-0.2, 0) is 5.60 Å². The Morgan fingerprint density at radius 2 is 1.56 bits per heavy atom. The van der Waals surface area contributed by atoms with E-state index in [-0.39, 0.29) is 11.7 Å². The van der Waals surface area contributed by atoms with Crippen molar-refractivity contribution in [2.75, 3.05) is 13.1 Å². The van der Waals surface area contributed by atoms with Crippen molar-refractivity contribution in [1.29, 1.82) is 0 Å². The van der Waals surface area contributed by atoms with Gasteiger partial charge in [0.1, 0.15) is 17.3 Å². The molecular weight excluding hydrogens is 411 g/mol. The number of aliphatic hydroxyl groups is 1. The van der Waals surface area contributed by atoms with Crippen LogP contribution in [0, 0.1) is 5.82 Å². The predicted molar refractivity (Wildman–Crippen MR) is 117 cm³/mol. The molecule has 7 heteroatoms. The van der Waals surface area contributed by atoms with Crippen molar-refractivity contribution < 1.29 is 23.8 Å². The second-order valence-corrected chi connectivity index (χ2v) is 7.85. The Bertz CT molecular complexity index is 1120. The second kappa shape index (κ2) is 8.80. The van der Waals surface area contributed by atoms with Crippen molar-refractivity contribution in [3.63, 3.8) is 0 Å². The molecule has 0 unspecified atom stereocenters. The number of hydrogen-bond donors (Lipinski definition) is 2. The SMILES string of the molecule is NC(=O)c1ccc(Oc2cccc(C(=O)N3CCC(O)(c4ccc(F)cc4)CC3)c2)cc1. The second-order valence-electron chi connectivity index (χ2n) is 7.85. The Labute approximate surface area is 185 Å². The van der Waals surface area contributed by atoms with E-state index < -0.39 is 11.5 Å². The summed E-state index contributed by atoms with van der Waals surface area (Å²) in [6.45, 7) is 0.763. The van der Waals surface area contributed by atoms with Crippen LogP contribution in [0.25, 0.3) is 0 Å². The van der Waals surface area contributed by atoms with E-state index in [1.165, 1.54) is 12.1 Å². The van der Waals surface area contributed by atoms with Crippen LogP contribution in [0.15, 0.2) is 72.8 Å². The van der Waals surface area contributed by atoms with Crippen LogP contribution in [-0.4, -0.2) is 34.9 Å². The largest absolute Gasteiger partial charge is 0.457 e. The molecule has 1 saturated heterocycles. The van der Waals surface area contributed by atoms with Crippen LogP contribution in [0.3, 0.4) is 0 Å². The van der Waals surface area contributed by atoms with Crippen molar-refractivity contribution in [3.05, 3.63) is 95.3 Å². The van der Waals surface area contributed by atoms with Gasteiger partial charge in [-0.3, -0.25) is 9.59 Å². The number of benzene rings is 3. The fourth-order valence-corrected chi connectivity index (χ4v) is 3.83. The number of hydrogen-bond acceptors (Lipinski definition) is 4. The zero-order chi connectivity index (χ0) is 22.7. The van der Waals surface area contributed by atoms with Gasteiger partial charge in [0.05, 0.1) is 5.60 Å². The fourth-order valence-electron chi connectivity index (χ4n) is 3.83. The fraction of sp³-hybridized carbons (Fsp3) is 0.200. The van der Waals surface area contributed by atoms with E-state index in [1.54, 1.807) is 65.6 Å². The van der Waals surface area contributed by atoms with Crippen molar-refractivity contribution in [3.8, 4) is 11.5 Å². The van der Waals surface area contributed by atoms with E-state index in [2.05, 4.69) is 0 Å². The summed E-state index contributed by atoms with van der Waals surface area (Å²) in [6.07, 6.45) is 0.736. The Morgan fingerprint density at radius 3 is 2.19 bits per heavy atom. The highest BCUT2D eigenvalue weighted by molar-refractivity contribution is 5.94. The number of nitrogens with two attached hydrogens (primary N) is 1. The van der Waals surface area contributed by atoms with E-state index in [4.69, 9.17) is 10.5 Å². The highest BCUT2D eigenvalue weighted by Gasteiger charge is 2.35. The molecule has 0 atom stereocenters. The number of halogens is 1. The first-order valence-corrected chi connectivity index (χ1v) is 10.3. The number of amides is 2. The number of piperidine rings is 1. The monoisotopic (exact) mass is 434 g/mol. The zero-order valence-corrected chi connectivity index (χ0v) is 17.3. The molecule has 1 aliphatic rings. The molecule has 6 nitrogen and oxygen atoms in total. The minimum atomic E-state index is -1.08. The smallest absolute Gasteiger partial charge is 0.253 e. The number of primary amides is 1. The molecule has 3 aromatic rings. The molecule has 4 rings (SSSR count). The van der Waals surface area contributed by atoms with Gasteiger partial charge < -0.3 is 20.5 Å². The van der Waals surface area contributed by atoms with Gasteiger partial charge >= 0.3 is 0 Å². The molecule has 0 radical (unpaired) electrons. The van der Waals surface area contributed by atoms with Gasteiger partial charge in [0.15, 0.2) is 0 Å². The molecule has 164 valence electrons. The maximum absolute atomic E-state index is 13.2. The van der Waals surface area contributed by atoms with Crippen LogP contribution in [0.2, 0.25) is 0 Å². The number of likely N-dealkylation sites (tertiary alicyclic amines) is 1. The van der Waals surface area contributed by atoms with Crippen molar-refractivity contribution in [1.82, 2.24) is 4.90 Å². The van der Waals surface area contributed by atoms with Crippen LogP contribution < -0.4 is 10.5 Å². The zero-order valence-electron chi connectivity index (χ0n) is 17.3. The summed E-state index contributed by atoms with van der Waals surface area (Å²) >= 11 is 0.